The molecule has 2 fully saturated rings. The number of fused-ring (bicyclic) bond motifs is 1. The first-order chi connectivity index (χ1) is 18.0. The Labute approximate surface area is 223 Å². The molecule has 0 bridgehead atoms. The van der Waals surface area contributed by atoms with E-state index in [4.69, 9.17) is 0 Å². The van der Waals surface area contributed by atoms with E-state index in [2.05, 4.69) is 68.1 Å². The predicted molar refractivity (Wildman–Crippen MR) is 143 cm³/mol. The van der Waals surface area contributed by atoms with Gasteiger partial charge in [0, 0.05) is 31.1 Å². The number of halogens is 3. The van der Waals surface area contributed by atoms with E-state index in [1.807, 2.05) is 0 Å². The first-order valence-electron chi connectivity index (χ1n) is 13.1. The lowest BCUT2D eigenvalue weighted by Gasteiger charge is -2.56. The summed E-state index contributed by atoms with van der Waals surface area (Å²) in [6, 6.07) is 19.3. The van der Waals surface area contributed by atoms with Crippen LogP contribution < -0.4 is 0 Å². The quantitative estimate of drug-likeness (QED) is 0.372. The second-order valence-corrected chi connectivity index (χ2v) is 12.4. The molecule has 0 aromatic heterocycles. The maximum Gasteiger partial charge on any atom is 0.417 e. The summed E-state index contributed by atoms with van der Waals surface area (Å²) in [7, 11) is -4.33. The highest BCUT2D eigenvalue weighted by atomic mass is 32.2. The van der Waals surface area contributed by atoms with Crippen molar-refractivity contribution in [1.29, 1.82) is 0 Å². The smallest absolute Gasteiger partial charge is 0.295 e. The van der Waals surface area contributed by atoms with Gasteiger partial charge in [-0.15, -0.1) is 0 Å². The van der Waals surface area contributed by atoms with Gasteiger partial charge in [-0.25, -0.2) is 8.42 Å². The summed E-state index contributed by atoms with van der Waals surface area (Å²) >= 11 is 0. The Balaban J connectivity index is 1.44. The van der Waals surface area contributed by atoms with Gasteiger partial charge >= 0.3 is 6.18 Å². The molecule has 0 saturated carbocycles. The van der Waals surface area contributed by atoms with Crippen LogP contribution in [-0.4, -0.2) is 49.3 Å². The molecular formula is C30H33F3N2O2S. The average molecular weight is 543 g/mol. The highest BCUT2D eigenvalue weighted by Crippen LogP contribution is 2.43. The monoisotopic (exact) mass is 542 g/mol. The molecule has 4 nitrogen and oxygen atoms in total. The van der Waals surface area contributed by atoms with Gasteiger partial charge in [0.05, 0.1) is 10.5 Å². The number of benzene rings is 3. The SMILES string of the molecule is Cc1cccc(-c2ccc([C@@H]3[C@@H](C)N4CCCCN(S(=O)(=O)c5ccccc5C(F)(F)F)C[C@@H]34)cc2)c1C. The Hall–Kier alpha value is -2.68. The van der Waals surface area contributed by atoms with Crippen LogP contribution in [0.4, 0.5) is 13.2 Å². The maximum atomic E-state index is 13.7. The molecule has 2 aliphatic heterocycles. The van der Waals surface area contributed by atoms with Gasteiger partial charge in [-0.3, -0.25) is 4.90 Å². The molecule has 0 radical (unpaired) electrons. The molecule has 2 saturated heterocycles. The number of aryl methyl sites for hydroxylation is 1. The minimum Gasteiger partial charge on any atom is -0.295 e. The van der Waals surface area contributed by atoms with Crippen molar-refractivity contribution < 1.29 is 21.6 Å². The van der Waals surface area contributed by atoms with Gasteiger partial charge in [-0.2, -0.15) is 17.5 Å². The zero-order valence-corrected chi connectivity index (χ0v) is 22.7. The summed E-state index contributed by atoms with van der Waals surface area (Å²) in [5.41, 5.74) is 4.80. The lowest BCUT2D eigenvalue weighted by atomic mass is 9.75. The molecule has 0 aliphatic carbocycles. The highest BCUT2D eigenvalue weighted by molar-refractivity contribution is 7.89. The predicted octanol–water partition coefficient (Wildman–Crippen LogP) is 6.63. The molecule has 2 aliphatic rings. The first-order valence-corrected chi connectivity index (χ1v) is 14.5. The zero-order chi connectivity index (χ0) is 27.2. The largest absolute Gasteiger partial charge is 0.417 e. The van der Waals surface area contributed by atoms with Crippen LogP contribution in [0.2, 0.25) is 0 Å². The van der Waals surface area contributed by atoms with Crippen molar-refractivity contribution in [1.82, 2.24) is 9.21 Å². The van der Waals surface area contributed by atoms with E-state index >= 15 is 0 Å². The summed E-state index contributed by atoms with van der Waals surface area (Å²) in [6.45, 7) is 7.60. The van der Waals surface area contributed by atoms with Gasteiger partial charge in [0.1, 0.15) is 0 Å². The standard InChI is InChI=1S/C30H33F3N2O2S/c1-20-9-8-10-25(21(20)2)23-13-15-24(16-14-23)29-22(3)35-18-7-6-17-34(19-27(29)35)38(36,37)28-12-5-4-11-26(28)30(31,32)33/h4-5,8-16,22,27,29H,6-7,17-19H2,1-3H3/t22-,27+,29+/m1/s1. The normalized spacial score (nSPS) is 23.3. The molecule has 0 N–H and O–H groups in total. The lowest BCUT2D eigenvalue weighted by Crippen LogP contribution is -2.65. The molecule has 3 aromatic carbocycles. The van der Waals surface area contributed by atoms with Crippen molar-refractivity contribution in [3.63, 3.8) is 0 Å². The van der Waals surface area contributed by atoms with Crippen LogP contribution in [-0.2, 0) is 16.2 Å². The van der Waals surface area contributed by atoms with Gasteiger partial charge in [0.2, 0.25) is 10.0 Å². The van der Waals surface area contributed by atoms with Crippen LogP contribution in [0.5, 0.6) is 0 Å². The summed E-state index contributed by atoms with van der Waals surface area (Å²) in [4.78, 5) is 1.64. The molecular weight excluding hydrogens is 509 g/mol. The Morgan fingerprint density at radius 3 is 2.26 bits per heavy atom. The van der Waals surface area contributed by atoms with Crippen LogP contribution in [0.1, 0.15) is 47.9 Å². The molecule has 202 valence electrons. The van der Waals surface area contributed by atoms with Crippen molar-refractivity contribution in [2.75, 3.05) is 19.6 Å². The van der Waals surface area contributed by atoms with Crippen LogP contribution in [0.3, 0.4) is 0 Å². The third-order valence-electron chi connectivity index (χ3n) is 8.37. The molecule has 3 atom stereocenters. The van der Waals surface area contributed by atoms with Crippen molar-refractivity contribution >= 4 is 10.0 Å². The van der Waals surface area contributed by atoms with E-state index in [0.717, 1.165) is 36.2 Å². The summed E-state index contributed by atoms with van der Waals surface area (Å²) in [5, 5.41) is 0. The molecule has 2 heterocycles. The molecule has 0 amide bonds. The van der Waals surface area contributed by atoms with Crippen molar-refractivity contribution in [3.8, 4) is 11.1 Å². The van der Waals surface area contributed by atoms with E-state index in [0.29, 0.717) is 6.42 Å². The average Bonchev–Trinajstić information content (AvgIpc) is 2.87. The van der Waals surface area contributed by atoms with E-state index in [1.165, 1.54) is 33.1 Å². The Morgan fingerprint density at radius 2 is 1.55 bits per heavy atom. The van der Waals surface area contributed by atoms with Crippen LogP contribution >= 0.6 is 0 Å². The first kappa shape index (κ1) is 26.9. The third kappa shape index (κ3) is 4.78. The fourth-order valence-corrected chi connectivity index (χ4v) is 7.85. The van der Waals surface area contributed by atoms with E-state index in [1.54, 1.807) is 0 Å². The molecule has 3 aromatic rings. The van der Waals surface area contributed by atoms with E-state index in [9.17, 15) is 21.6 Å². The van der Waals surface area contributed by atoms with Crippen molar-refractivity contribution in [3.05, 3.63) is 89.0 Å². The van der Waals surface area contributed by atoms with Gasteiger partial charge in [0.25, 0.3) is 0 Å². The fourth-order valence-electron chi connectivity index (χ4n) is 6.14. The number of hydrogen-bond donors (Lipinski definition) is 0. The van der Waals surface area contributed by atoms with Gasteiger partial charge < -0.3 is 0 Å². The minimum absolute atomic E-state index is 0.0929. The number of hydrogen-bond acceptors (Lipinski definition) is 3. The molecule has 0 spiro atoms. The van der Waals surface area contributed by atoms with Crippen molar-refractivity contribution in [2.24, 2.45) is 0 Å². The van der Waals surface area contributed by atoms with Gasteiger partial charge in [0.15, 0.2) is 0 Å². The van der Waals surface area contributed by atoms with Crippen LogP contribution in [0.25, 0.3) is 11.1 Å². The number of sulfonamides is 1. The Morgan fingerprint density at radius 1 is 0.868 bits per heavy atom. The molecule has 38 heavy (non-hydrogen) atoms. The summed E-state index contributed by atoms with van der Waals surface area (Å²) < 4.78 is 69.5. The summed E-state index contributed by atoms with van der Waals surface area (Å²) in [6.07, 6.45) is -3.34. The van der Waals surface area contributed by atoms with Crippen molar-refractivity contribution in [2.45, 2.75) is 62.7 Å². The number of rotatable bonds is 4. The second-order valence-electron chi connectivity index (χ2n) is 10.5. The number of nitrogens with zero attached hydrogens (tertiary/aromatic N) is 2. The fraction of sp³-hybridized carbons (Fsp3) is 0.400. The lowest BCUT2D eigenvalue weighted by molar-refractivity contribution is -0.139. The zero-order valence-electron chi connectivity index (χ0n) is 21.9. The maximum absolute atomic E-state index is 13.7. The third-order valence-corrected chi connectivity index (χ3v) is 10.3. The van der Waals surface area contributed by atoms with E-state index in [-0.39, 0.29) is 31.1 Å². The van der Waals surface area contributed by atoms with Gasteiger partial charge in [-0.1, -0.05) is 54.6 Å². The van der Waals surface area contributed by atoms with Crippen LogP contribution in [0.15, 0.2) is 71.6 Å². The molecule has 8 heteroatoms. The van der Waals surface area contributed by atoms with Gasteiger partial charge in [-0.05, 0) is 80.1 Å². The summed E-state index contributed by atoms with van der Waals surface area (Å²) in [5.74, 6) is 0.0938. The Kier molecular flexibility index (Phi) is 7.18. The second kappa shape index (κ2) is 10.1. The molecule has 0 unspecified atom stereocenters. The van der Waals surface area contributed by atoms with Crippen LogP contribution in [0, 0.1) is 13.8 Å². The Bertz CT molecular complexity index is 1420. The number of alkyl halides is 3. The topological polar surface area (TPSA) is 40.6 Å². The van der Waals surface area contributed by atoms with E-state index < -0.39 is 26.7 Å². The minimum atomic E-state index is -4.75. The highest BCUT2D eigenvalue weighted by Gasteiger charge is 2.49. The molecule has 5 rings (SSSR count).